The molecule has 29 heavy (non-hydrogen) atoms. The number of nitrogens with one attached hydrogen (secondary N) is 2. The van der Waals surface area contributed by atoms with Gasteiger partial charge in [0.05, 0.1) is 0 Å². The minimum absolute atomic E-state index is 0.179. The molecule has 2 aromatic carbocycles. The SMILES string of the molecule is CC(C)Nc1cc(C(=O)NCc2ccc3c(c2)OCO3)nc(-c2ccccc2)n1. The molecular formula is C22H22N4O3. The average Bonchev–Trinajstić information content (AvgIpc) is 3.20. The van der Waals surface area contributed by atoms with Crippen LogP contribution in [0.5, 0.6) is 11.5 Å². The van der Waals surface area contributed by atoms with Crippen molar-refractivity contribution < 1.29 is 14.3 Å². The molecular weight excluding hydrogens is 368 g/mol. The van der Waals surface area contributed by atoms with Crippen molar-refractivity contribution in [2.45, 2.75) is 26.4 Å². The molecule has 0 saturated heterocycles. The smallest absolute Gasteiger partial charge is 0.270 e. The molecule has 4 rings (SSSR count). The van der Waals surface area contributed by atoms with Crippen LogP contribution in [0.4, 0.5) is 5.82 Å². The number of aromatic nitrogens is 2. The van der Waals surface area contributed by atoms with Crippen molar-refractivity contribution in [1.82, 2.24) is 15.3 Å². The molecule has 148 valence electrons. The average molecular weight is 390 g/mol. The molecule has 0 unspecified atom stereocenters. The van der Waals surface area contributed by atoms with Crippen molar-refractivity contribution in [3.05, 3.63) is 65.9 Å². The van der Waals surface area contributed by atoms with E-state index >= 15 is 0 Å². The highest BCUT2D eigenvalue weighted by atomic mass is 16.7. The number of carbonyl (C=O) groups excluding carboxylic acids is 1. The Morgan fingerprint density at radius 3 is 2.62 bits per heavy atom. The molecule has 0 aliphatic carbocycles. The predicted molar refractivity (Wildman–Crippen MR) is 110 cm³/mol. The summed E-state index contributed by atoms with van der Waals surface area (Å²) >= 11 is 0. The predicted octanol–water partition coefficient (Wildman–Crippen LogP) is 3.62. The van der Waals surface area contributed by atoms with Gasteiger partial charge in [0.15, 0.2) is 17.3 Å². The summed E-state index contributed by atoms with van der Waals surface area (Å²) in [4.78, 5) is 21.8. The van der Waals surface area contributed by atoms with Crippen LogP contribution in [0.1, 0.15) is 29.9 Å². The summed E-state index contributed by atoms with van der Waals surface area (Å²) in [6.45, 7) is 4.61. The van der Waals surface area contributed by atoms with Crippen LogP contribution in [0.3, 0.4) is 0 Å². The van der Waals surface area contributed by atoms with Gasteiger partial charge >= 0.3 is 0 Å². The van der Waals surface area contributed by atoms with E-state index in [0.717, 1.165) is 11.1 Å². The van der Waals surface area contributed by atoms with Crippen molar-refractivity contribution in [2.75, 3.05) is 12.1 Å². The highest BCUT2D eigenvalue weighted by molar-refractivity contribution is 5.93. The van der Waals surface area contributed by atoms with Gasteiger partial charge in [-0.25, -0.2) is 9.97 Å². The summed E-state index contributed by atoms with van der Waals surface area (Å²) in [6.07, 6.45) is 0. The Labute approximate surface area is 169 Å². The fourth-order valence-electron chi connectivity index (χ4n) is 2.97. The first-order valence-electron chi connectivity index (χ1n) is 9.46. The van der Waals surface area contributed by atoms with Gasteiger partial charge in [-0.05, 0) is 31.5 Å². The lowest BCUT2D eigenvalue weighted by Gasteiger charge is -2.12. The third-order valence-corrected chi connectivity index (χ3v) is 4.32. The first kappa shape index (κ1) is 18.7. The fraction of sp³-hybridized carbons (Fsp3) is 0.227. The van der Waals surface area contributed by atoms with Gasteiger partial charge in [-0.1, -0.05) is 36.4 Å². The topological polar surface area (TPSA) is 85.4 Å². The third kappa shape index (κ3) is 4.45. The van der Waals surface area contributed by atoms with Crippen LogP contribution >= 0.6 is 0 Å². The maximum Gasteiger partial charge on any atom is 0.270 e. The lowest BCUT2D eigenvalue weighted by Crippen LogP contribution is -2.24. The van der Waals surface area contributed by atoms with Crippen LogP contribution in [0.2, 0.25) is 0 Å². The monoisotopic (exact) mass is 390 g/mol. The second kappa shape index (κ2) is 8.18. The first-order valence-corrected chi connectivity index (χ1v) is 9.46. The Morgan fingerprint density at radius 2 is 1.83 bits per heavy atom. The summed E-state index contributed by atoms with van der Waals surface area (Å²) in [6, 6.07) is 17.1. The van der Waals surface area contributed by atoms with E-state index in [4.69, 9.17) is 9.47 Å². The maximum absolute atomic E-state index is 12.8. The van der Waals surface area contributed by atoms with Crippen LogP contribution in [0.25, 0.3) is 11.4 Å². The molecule has 1 aliphatic heterocycles. The molecule has 7 nitrogen and oxygen atoms in total. The molecule has 0 bridgehead atoms. The molecule has 1 aromatic heterocycles. The summed E-state index contributed by atoms with van der Waals surface area (Å²) in [5, 5.41) is 6.16. The molecule has 0 atom stereocenters. The number of hydrogen-bond acceptors (Lipinski definition) is 6. The number of hydrogen-bond donors (Lipinski definition) is 2. The molecule has 1 aliphatic rings. The Morgan fingerprint density at radius 1 is 1.03 bits per heavy atom. The number of ether oxygens (including phenoxy) is 2. The standard InChI is InChI=1S/C22H22N4O3/c1-14(2)24-20-11-17(25-21(26-20)16-6-4-3-5-7-16)22(27)23-12-15-8-9-18-19(10-15)29-13-28-18/h3-11,14H,12-13H2,1-2H3,(H,23,27)(H,24,25,26). The fourth-order valence-corrected chi connectivity index (χ4v) is 2.97. The van der Waals surface area contributed by atoms with Crippen LogP contribution in [-0.4, -0.2) is 28.7 Å². The zero-order chi connectivity index (χ0) is 20.2. The second-order valence-corrected chi connectivity index (χ2v) is 7.00. The van der Waals surface area contributed by atoms with Crippen molar-refractivity contribution in [3.8, 4) is 22.9 Å². The van der Waals surface area contributed by atoms with Gasteiger partial charge in [-0.3, -0.25) is 4.79 Å². The number of nitrogens with zero attached hydrogens (tertiary/aromatic N) is 2. The van der Waals surface area contributed by atoms with E-state index in [0.29, 0.717) is 35.4 Å². The summed E-state index contributed by atoms with van der Waals surface area (Å²) < 4.78 is 10.7. The van der Waals surface area contributed by atoms with E-state index in [2.05, 4.69) is 20.6 Å². The maximum atomic E-state index is 12.8. The molecule has 1 amide bonds. The van der Waals surface area contributed by atoms with Crippen molar-refractivity contribution >= 4 is 11.7 Å². The molecule has 0 spiro atoms. The van der Waals surface area contributed by atoms with Crippen molar-refractivity contribution in [3.63, 3.8) is 0 Å². The quantitative estimate of drug-likeness (QED) is 0.669. The number of carbonyl (C=O) groups is 1. The van der Waals surface area contributed by atoms with E-state index in [1.807, 2.05) is 62.4 Å². The number of amides is 1. The van der Waals surface area contributed by atoms with Gasteiger partial charge in [0.1, 0.15) is 11.5 Å². The van der Waals surface area contributed by atoms with E-state index in [-0.39, 0.29) is 18.7 Å². The number of anilines is 1. The van der Waals surface area contributed by atoms with Crippen molar-refractivity contribution in [1.29, 1.82) is 0 Å². The van der Waals surface area contributed by atoms with Gasteiger partial charge in [-0.2, -0.15) is 0 Å². The van der Waals surface area contributed by atoms with E-state index < -0.39 is 0 Å². The van der Waals surface area contributed by atoms with E-state index in [1.54, 1.807) is 6.07 Å². The van der Waals surface area contributed by atoms with Crippen LogP contribution in [-0.2, 0) is 6.54 Å². The van der Waals surface area contributed by atoms with Crippen LogP contribution in [0, 0.1) is 0 Å². The molecule has 0 saturated carbocycles. The number of benzene rings is 2. The van der Waals surface area contributed by atoms with Crippen LogP contribution < -0.4 is 20.1 Å². The summed E-state index contributed by atoms with van der Waals surface area (Å²) in [5.41, 5.74) is 2.08. The highest BCUT2D eigenvalue weighted by Crippen LogP contribution is 2.32. The number of fused-ring (bicyclic) bond motifs is 1. The van der Waals surface area contributed by atoms with Gasteiger partial charge in [0.2, 0.25) is 6.79 Å². The Balaban J connectivity index is 1.55. The summed E-state index contributed by atoms with van der Waals surface area (Å²) in [7, 11) is 0. The van der Waals surface area contributed by atoms with E-state index in [9.17, 15) is 4.79 Å². The zero-order valence-electron chi connectivity index (χ0n) is 16.3. The molecule has 0 fully saturated rings. The largest absolute Gasteiger partial charge is 0.454 e. The van der Waals surface area contributed by atoms with Gasteiger partial charge in [0, 0.05) is 24.2 Å². The van der Waals surface area contributed by atoms with E-state index in [1.165, 1.54) is 0 Å². The van der Waals surface area contributed by atoms with Gasteiger partial charge < -0.3 is 20.1 Å². The first-order chi connectivity index (χ1) is 14.1. The van der Waals surface area contributed by atoms with Gasteiger partial charge in [0.25, 0.3) is 5.91 Å². The normalized spacial score (nSPS) is 12.1. The minimum atomic E-state index is -0.269. The Kier molecular flexibility index (Phi) is 5.29. The minimum Gasteiger partial charge on any atom is -0.454 e. The van der Waals surface area contributed by atoms with Crippen molar-refractivity contribution in [2.24, 2.45) is 0 Å². The Bertz CT molecular complexity index is 1020. The lowest BCUT2D eigenvalue weighted by atomic mass is 10.2. The number of rotatable bonds is 6. The molecule has 2 N–H and O–H groups in total. The van der Waals surface area contributed by atoms with Crippen LogP contribution in [0.15, 0.2) is 54.6 Å². The molecule has 3 aromatic rings. The highest BCUT2D eigenvalue weighted by Gasteiger charge is 2.16. The Hall–Kier alpha value is -3.61. The van der Waals surface area contributed by atoms with Gasteiger partial charge in [-0.15, -0.1) is 0 Å². The zero-order valence-corrected chi connectivity index (χ0v) is 16.3. The molecule has 2 heterocycles. The lowest BCUT2D eigenvalue weighted by molar-refractivity contribution is 0.0946. The summed E-state index contributed by atoms with van der Waals surface area (Å²) in [5.74, 6) is 2.25. The molecule has 0 radical (unpaired) electrons. The second-order valence-electron chi connectivity index (χ2n) is 7.00. The third-order valence-electron chi connectivity index (χ3n) is 4.32. The molecule has 7 heteroatoms.